The highest BCUT2D eigenvalue weighted by Crippen LogP contribution is 2.19. The van der Waals surface area contributed by atoms with Gasteiger partial charge in [-0.15, -0.1) is 0 Å². The maximum Gasteiger partial charge on any atom is 0.233 e. The lowest BCUT2D eigenvalue weighted by Gasteiger charge is -2.13. The number of carbonyl (C=O) groups is 2. The average molecular weight is 322 g/mol. The summed E-state index contributed by atoms with van der Waals surface area (Å²) in [4.78, 5) is 23.4. The van der Waals surface area contributed by atoms with E-state index in [1.54, 1.807) is 0 Å². The van der Waals surface area contributed by atoms with Crippen molar-refractivity contribution in [1.82, 2.24) is 5.32 Å². The molecule has 1 aromatic rings. The lowest BCUT2D eigenvalue weighted by Crippen LogP contribution is -2.29. The van der Waals surface area contributed by atoms with Crippen LogP contribution in [0.5, 0.6) is 0 Å². The second-order valence-corrected chi connectivity index (χ2v) is 5.56. The highest BCUT2D eigenvalue weighted by atomic mass is 19.2. The van der Waals surface area contributed by atoms with Gasteiger partial charge in [-0.25, -0.2) is 8.78 Å². The number of rotatable bonds is 6. The molecular weight excluding hydrogens is 302 g/mol. The number of benzene rings is 1. The van der Waals surface area contributed by atoms with Gasteiger partial charge in [0.25, 0.3) is 0 Å². The predicted octanol–water partition coefficient (Wildman–Crippen LogP) is 3.30. The summed E-state index contributed by atoms with van der Waals surface area (Å²) in [6, 6.07) is 3.04. The number of allylic oxidation sites excluding steroid dienone is 1. The van der Waals surface area contributed by atoms with Crippen LogP contribution in [0, 0.1) is 11.6 Å². The molecule has 2 rings (SSSR count). The molecule has 1 aliphatic carbocycles. The smallest absolute Gasteiger partial charge is 0.233 e. The van der Waals surface area contributed by atoms with E-state index in [1.807, 2.05) is 0 Å². The highest BCUT2D eigenvalue weighted by Gasteiger charge is 2.11. The van der Waals surface area contributed by atoms with Gasteiger partial charge in [-0.2, -0.15) is 0 Å². The van der Waals surface area contributed by atoms with E-state index < -0.39 is 17.5 Å². The zero-order valence-electron chi connectivity index (χ0n) is 12.8. The van der Waals surface area contributed by atoms with Crippen molar-refractivity contribution >= 4 is 17.5 Å². The Labute approximate surface area is 134 Å². The minimum atomic E-state index is -1.05. The second-order valence-electron chi connectivity index (χ2n) is 5.56. The van der Waals surface area contributed by atoms with E-state index in [4.69, 9.17) is 0 Å². The summed E-state index contributed by atoms with van der Waals surface area (Å²) in [5, 5.41) is 5.06. The van der Waals surface area contributed by atoms with E-state index in [1.165, 1.54) is 24.5 Å². The summed E-state index contributed by atoms with van der Waals surface area (Å²) in [5.74, 6) is -2.99. The molecule has 23 heavy (non-hydrogen) atoms. The Morgan fingerprint density at radius 2 is 1.91 bits per heavy atom. The molecule has 0 fully saturated rings. The van der Waals surface area contributed by atoms with Gasteiger partial charge in [0, 0.05) is 18.3 Å². The first-order valence-corrected chi connectivity index (χ1v) is 7.74. The molecule has 1 aromatic carbocycles. The minimum absolute atomic E-state index is 0.120. The van der Waals surface area contributed by atoms with Gasteiger partial charge in [-0.05, 0) is 44.2 Å². The van der Waals surface area contributed by atoms with Crippen LogP contribution in [0.4, 0.5) is 14.5 Å². The van der Waals surface area contributed by atoms with E-state index in [0.29, 0.717) is 6.54 Å². The van der Waals surface area contributed by atoms with Crippen LogP contribution in [-0.2, 0) is 9.59 Å². The fourth-order valence-corrected chi connectivity index (χ4v) is 2.48. The van der Waals surface area contributed by atoms with Gasteiger partial charge in [-0.3, -0.25) is 9.59 Å². The molecule has 0 atom stereocenters. The monoisotopic (exact) mass is 322 g/mol. The molecule has 0 spiro atoms. The van der Waals surface area contributed by atoms with Crippen molar-refractivity contribution < 1.29 is 18.4 Å². The van der Waals surface area contributed by atoms with Crippen molar-refractivity contribution in [2.24, 2.45) is 0 Å². The zero-order valence-corrected chi connectivity index (χ0v) is 12.8. The Balaban J connectivity index is 1.70. The number of halogens is 2. The first-order valence-electron chi connectivity index (χ1n) is 7.74. The molecule has 6 heteroatoms. The van der Waals surface area contributed by atoms with Crippen molar-refractivity contribution in [1.29, 1.82) is 0 Å². The van der Waals surface area contributed by atoms with Crippen molar-refractivity contribution in [3.63, 3.8) is 0 Å². The van der Waals surface area contributed by atoms with Crippen LogP contribution >= 0.6 is 0 Å². The summed E-state index contributed by atoms with van der Waals surface area (Å²) in [6.45, 7) is 0.503. The van der Waals surface area contributed by atoms with E-state index >= 15 is 0 Å². The molecule has 1 aliphatic rings. The van der Waals surface area contributed by atoms with Crippen molar-refractivity contribution in [3.8, 4) is 0 Å². The molecule has 0 unspecified atom stereocenters. The van der Waals surface area contributed by atoms with E-state index in [2.05, 4.69) is 16.7 Å². The lowest BCUT2D eigenvalue weighted by atomic mass is 9.97. The molecule has 0 aromatic heterocycles. The molecule has 0 radical (unpaired) electrons. The fourth-order valence-electron chi connectivity index (χ4n) is 2.48. The normalized spacial score (nSPS) is 14.1. The molecule has 2 amide bonds. The molecule has 4 nitrogen and oxygen atoms in total. The van der Waals surface area contributed by atoms with Gasteiger partial charge in [0.1, 0.15) is 6.42 Å². The number of hydrogen-bond acceptors (Lipinski definition) is 2. The molecule has 0 bridgehead atoms. The standard InChI is InChI=1S/C17H20F2N2O2/c18-14-7-6-13(10-15(14)19)21-17(23)11-16(22)20-9-8-12-4-2-1-3-5-12/h4,6-7,10H,1-3,5,8-9,11H2,(H,20,22)(H,21,23). The molecular formula is C17H20F2N2O2. The quantitative estimate of drug-likeness (QED) is 0.623. The highest BCUT2D eigenvalue weighted by molar-refractivity contribution is 6.03. The van der Waals surface area contributed by atoms with Crippen LogP contribution in [0.2, 0.25) is 0 Å². The molecule has 2 N–H and O–H groups in total. The molecule has 0 heterocycles. The Bertz CT molecular complexity index is 615. The summed E-state index contributed by atoms with van der Waals surface area (Å²) in [7, 11) is 0. The predicted molar refractivity (Wildman–Crippen MR) is 83.8 cm³/mol. The summed E-state index contributed by atoms with van der Waals surface area (Å²) in [5.41, 5.74) is 1.47. The molecule has 124 valence electrons. The lowest BCUT2D eigenvalue weighted by molar-refractivity contribution is -0.126. The summed E-state index contributed by atoms with van der Waals surface area (Å²) in [6.07, 6.45) is 7.25. The van der Waals surface area contributed by atoms with Crippen molar-refractivity contribution in [2.75, 3.05) is 11.9 Å². The molecule has 0 saturated carbocycles. The third-order valence-corrected chi connectivity index (χ3v) is 3.68. The third-order valence-electron chi connectivity index (χ3n) is 3.68. The topological polar surface area (TPSA) is 58.2 Å². The van der Waals surface area contributed by atoms with Gasteiger partial charge in [0.15, 0.2) is 11.6 Å². The number of nitrogens with one attached hydrogen (secondary N) is 2. The maximum atomic E-state index is 13.0. The van der Waals surface area contributed by atoms with Gasteiger partial charge in [0.2, 0.25) is 11.8 Å². The van der Waals surface area contributed by atoms with Crippen LogP contribution in [0.1, 0.15) is 38.5 Å². The van der Waals surface area contributed by atoms with E-state index in [0.717, 1.165) is 31.4 Å². The van der Waals surface area contributed by atoms with Gasteiger partial charge >= 0.3 is 0 Å². The number of anilines is 1. The summed E-state index contributed by atoms with van der Waals surface area (Å²) < 4.78 is 25.8. The third kappa shape index (κ3) is 5.81. The maximum absolute atomic E-state index is 13.0. The Morgan fingerprint density at radius 3 is 2.61 bits per heavy atom. The summed E-state index contributed by atoms with van der Waals surface area (Å²) >= 11 is 0. The Morgan fingerprint density at radius 1 is 1.09 bits per heavy atom. The van der Waals surface area contributed by atoms with Crippen LogP contribution in [0.3, 0.4) is 0 Å². The van der Waals surface area contributed by atoms with Gasteiger partial charge in [0.05, 0.1) is 0 Å². The Kier molecular flexibility index (Phi) is 6.26. The van der Waals surface area contributed by atoms with Crippen LogP contribution in [0.25, 0.3) is 0 Å². The SMILES string of the molecule is O=C(CC(=O)Nc1ccc(F)c(F)c1)NCCC1=CCCCC1. The minimum Gasteiger partial charge on any atom is -0.355 e. The van der Waals surface area contributed by atoms with Crippen LogP contribution in [0.15, 0.2) is 29.8 Å². The van der Waals surface area contributed by atoms with Crippen molar-refractivity contribution in [2.45, 2.75) is 38.5 Å². The number of hydrogen-bond donors (Lipinski definition) is 2. The van der Waals surface area contributed by atoms with Crippen molar-refractivity contribution in [3.05, 3.63) is 41.5 Å². The molecule has 0 saturated heterocycles. The average Bonchev–Trinajstić information content (AvgIpc) is 2.52. The first kappa shape index (κ1) is 17.1. The van der Waals surface area contributed by atoms with Crippen LogP contribution in [-0.4, -0.2) is 18.4 Å². The first-order chi connectivity index (χ1) is 11.0. The fraction of sp³-hybridized carbons (Fsp3) is 0.412. The number of carbonyl (C=O) groups excluding carboxylic acids is 2. The van der Waals surface area contributed by atoms with Gasteiger partial charge in [-0.1, -0.05) is 11.6 Å². The Hall–Kier alpha value is -2.24. The zero-order chi connectivity index (χ0) is 16.7. The van der Waals surface area contributed by atoms with E-state index in [9.17, 15) is 18.4 Å². The second kappa shape index (κ2) is 8.41. The number of amides is 2. The van der Waals surface area contributed by atoms with E-state index in [-0.39, 0.29) is 18.0 Å². The molecule has 0 aliphatic heterocycles. The van der Waals surface area contributed by atoms with Gasteiger partial charge < -0.3 is 10.6 Å². The largest absolute Gasteiger partial charge is 0.355 e. The van der Waals surface area contributed by atoms with Crippen LogP contribution < -0.4 is 10.6 Å².